The normalized spacial score (nSPS) is 17.4. The minimum Gasteiger partial charge on any atom is -0.338 e. The maximum absolute atomic E-state index is 13.2. The average molecular weight is 356 g/mol. The number of nitrogens with one attached hydrogen (secondary N) is 1. The fourth-order valence-corrected chi connectivity index (χ4v) is 2.78. The molecule has 2 fully saturated rings. The molecule has 0 aromatic heterocycles. The van der Waals surface area contributed by atoms with Gasteiger partial charge in [0.2, 0.25) is 5.91 Å². The Bertz CT molecular complexity index is 587. The van der Waals surface area contributed by atoms with E-state index < -0.39 is 5.82 Å². The molecule has 3 rings (SSSR count). The molecule has 2 aliphatic rings. The van der Waals surface area contributed by atoms with Crippen molar-refractivity contribution in [3.8, 4) is 0 Å². The molecule has 0 bridgehead atoms. The number of amides is 2. The van der Waals surface area contributed by atoms with E-state index in [-0.39, 0.29) is 24.2 Å². The molecule has 1 N–H and O–H groups in total. The molecular weight excluding hydrogens is 333 g/mol. The van der Waals surface area contributed by atoms with Crippen LogP contribution in [0.1, 0.15) is 23.2 Å². The van der Waals surface area contributed by atoms with E-state index in [1.807, 2.05) is 0 Å². The van der Waals surface area contributed by atoms with E-state index in [4.69, 9.17) is 0 Å². The Kier molecular flexibility index (Phi) is 6.57. The third-order valence-corrected chi connectivity index (χ3v) is 4.40. The van der Waals surface area contributed by atoms with Crippen molar-refractivity contribution >= 4 is 24.2 Å². The van der Waals surface area contributed by atoms with Gasteiger partial charge in [0, 0.05) is 31.7 Å². The highest BCUT2D eigenvalue weighted by molar-refractivity contribution is 5.94. The summed E-state index contributed by atoms with van der Waals surface area (Å²) in [7, 11) is 0. The van der Waals surface area contributed by atoms with Crippen molar-refractivity contribution in [2.24, 2.45) is 5.92 Å². The van der Waals surface area contributed by atoms with Gasteiger partial charge in [-0.3, -0.25) is 9.59 Å². The summed E-state index contributed by atoms with van der Waals surface area (Å²) in [6.07, 6.45) is 2.53. The van der Waals surface area contributed by atoms with Crippen LogP contribution in [0.4, 0.5) is 4.39 Å². The average Bonchev–Trinajstić information content (AvgIpc) is 3.38. The van der Waals surface area contributed by atoms with Crippen LogP contribution in [0.5, 0.6) is 0 Å². The first kappa shape index (κ1) is 18.7. The first-order valence-electron chi connectivity index (χ1n) is 8.17. The molecule has 1 aliphatic carbocycles. The summed E-state index contributed by atoms with van der Waals surface area (Å²) in [6, 6.07) is 5.72. The number of benzene rings is 1. The zero-order chi connectivity index (χ0) is 16.2. The molecule has 1 saturated heterocycles. The van der Waals surface area contributed by atoms with Crippen molar-refractivity contribution in [1.29, 1.82) is 0 Å². The standard InChI is InChI=1S/C17H22FN3O2.ClH/c18-15-3-1-2-14(10-15)17(23)21-8-6-20(7-9-21)16(22)12-19-11-13-4-5-13;/h1-3,10,13,19H,4-9,11-12H2;1H. The molecule has 0 radical (unpaired) electrons. The minimum absolute atomic E-state index is 0. The second-order valence-electron chi connectivity index (χ2n) is 6.26. The summed E-state index contributed by atoms with van der Waals surface area (Å²) in [5.41, 5.74) is 0.357. The van der Waals surface area contributed by atoms with Crippen LogP contribution in [0.3, 0.4) is 0 Å². The zero-order valence-corrected chi connectivity index (χ0v) is 14.4. The zero-order valence-electron chi connectivity index (χ0n) is 13.5. The predicted octanol–water partition coefficient (Wildman–Crippen LogP) is 1.53. The van der Waals surface area contributed by atoms with Gasteiger partial charge in [-0.15, -0.1) is 12.4 Å². The Morgan fingerprint density at radius 2 is 1.79 bits per heavy atom. The topological polar surface area (TPSA) is 52.7 Å². The quantitative estimate of drug-likeness (QED) is 0.871. The van der Waals surface area contributed by atoms with Crippen molar-refractivity contribution < 1.29 is 14.0 Å². The van der Waals surface area contributed by atoms with E-state index in [0.29, 0.717) is 38.3 Å². The van der Waals surface area contributed by atoms with Gasteiger partial charge < -0.3 is 15.1 Å². The molecule has 1 aromatic carbocycles. The van der Waals surface area contributed by atoms with E-state index >= 15 is 0 Å². The van der Waals surface area contributed by atoms with Crippen LogP contribution in [0.25, 0.3) is 0 Å². The van der Waals surface area contributed by atoms with E-state index in [2.05, 4.69) is 5.32 Å². The van der Waals surface area contributed by atoms with Gasteiger partial charge in [-0.05, 0) is 43.5 Å². The highest BCUT2D eigenvalue weighted by atomic mass is 35.5. The third-order valence-electron chi connectivity index (χ3n) is 4.40. The van der Waals surface area contributed by atoms with Gasteiger partial charge >= 0.3 is 0 Å². The van der Waals surface area contributed by atoms with Gasteiger partial charge in [0.1, 0.15) is 5.82 Å². The van der Waals surface area contributed by atoms with E-state index in [1.165, 1.54) is 31.0 Å². The molecule has 2 amide bonds. The van der Waals surface area contributed by atoms with Crippen LogP contribution >= 0.6 is 12.4 Å². The first-order valence-corrected chi connectivity index (χ1v) is 8.17. The van der Waals surface area contributed by atoms with Crippen molar-refractivity contribution in [2.45, 2.75) is 12.8 Å². The summed E-state index contributed by atoms with van der Waals surface area (Å²) < 4.78 is 13.2. The number of halogens is 2. The second kappa shape index (κ2) is 8.44. The maximum Gasteiger partial charge on any atom is 0.254 e. The van der Waals surface area contributed by atoms with Crippen LogP contribution in [-0.4, -0.2) is 60.9 Å². The number of carbonyl (C=O) groups excluding carboxylic acids is 2. The Hall–Kier alpha value is -1.66. The Morgan fingerprint density at radius 3 is 2.42 bits per heavy atom. The van der Waals surface area contributed by atoms with Crippen molar-refractivity contribution in [1.82, 2.24) is 15.1 Å². The summed E-state index contributed by atoms with van der Waals surface area (Å²) in [5.74, 6) is 0.252. The SMILES string of the molecule is Cl.O=C(CNCC1CC1)N1CCN(C(=O)c2cccc(F)c2)CC1. The highest BCUT2D eigenvalue weighted by Crippen LogP contribution is 2.27. The van der Waals surface area contributed by atoms with Crippen LogP contribution in [-0.2, 0) is 4.79 Å². The molecule has 132 valence electrons. The van der Waals surface area contributed by atoms with E-state index in [0.717, 1.165) is 12.5 Å². The molecule has 1 heterocycles. The lowest BCUT2D eigenvalue weighted by atomic mass is 10.1. The number of hydrogen-bond donors (Lipinski definition) is 1. The molecular formula is C17H23ClFN3O2. The van der Waals surface area contributed by atoms with Crippen LogP contribution in [0.15, 0.2) is 24.3 Å². The Morgan fingerprint density at radius 1 is 1.12 bits per heavy atom. The smallest absolute Gasteiger partial charge is 0.254 e. The van der Waals surface area contributed by atoms with Gasteiger partial charge in [-0.25, -0.2) is 4.39 Å². The summed E-state index contributed by atoms with van der Waals surface area (Å²) >= 11 is 0. The van der Waals surface area contributed by atoms with Gasteiger partial charge in [0.15, 0.2) is 0 Å². The Balaban J connectivity index is 0.00000208. The van der Waals surface area contributed by atoms with Gasteiger partial charge in [0.05, 0.1) is 6.54 Å². The fraction of sp³-hybridized carbons (Fsp3) is 0.529. The molecule has 1 saturated carbocycles. The predicted molar refractivity (Wildman–Crippen MR) is 91.7 cm³/mol. The monoisotopic (exact) mass is 355 g/mol. The van der Waals surface area contributed by atoms with Crippen molar-refractivity contribution in [3.63, 3.8) is 0 Å². The van der Waals surface area contributed by atoms with Crippen LogP contribution in [0, 0.1) is 11.7 Å². The molecule has 0 spiro atoms. The molecule has 0 unspecified atom stereocenters. The number of hydrogen-bond acceptors (Lipinski definition) is 3. The minimum atomic E-state index is -0.411. The van der Waals surface area contributed by atoms with E-state index in [1.54, 1.807) is 15.9 Å². The number of nitrogens with zero attached hydrogens (tertiary/aromatic N) is 2. The first-order chi connectivity index (χ1) is 11.1. The number of piperazine rings is 1. The van der Waals surface area contributed by atoms with Gasteiger partial charge in [-0.1, -0.05) is 6.07 Å². The van der Waals surface area contributed by atoms with Crippen LogP contribution in [0.2, 0.25) is 0 Å². The third kappa shape index (κ3) is 4.92. The molecule has 5 nitrogen and oxygen atoms in total. The molecule has 24 heavy (non-hydrogen) atoms. The lowest BCUT2D eigenvalue weighted by Crippen LogP contribution is -2.52. The van der Waals surface area contributed by atoms with Gasteiger partial charge in [-0.2, -0.15) is 0 Å². The second-order valence-corrected chi connectivity index (χ2v) is 6.26. The molecule has 1 aliphatic heterocycles. The summed E-state index contributed by atoms with van der Waals surface area (Å²) in [6.45, 7) is 3.33. The lowest BCUT2D eigenvalue weighted by molar-refractivity contribution is -0.131. The van der Waals surface area contributed by atoms with Crippen molar-refractivity contribution in [2.75, 3.05) is 39.3 Å². The molecule has 1 aromatic rings. The Labute approximate surface area is 147 Å². The molecule has 7 heteroatoms. The highest BCUT2D eigenvalue weighted by Gasteiger charge is 2.25. The van der Waals surface area contributed by atoms with Gasteiger partial charge in [0.25, 0.3) is 5.91 Å². The summed E-state index contributed by atoms with van der Waals surface area (Å²) in [5, 5.41) is 3.20. The lowest BCUT2D eigenvalue weighted by Gasteiger charge is -2.35. The van der Waals surface area contributed by atoms with Crippen LogP contribution < -0.4 is 5.32 Å². The number of rotatable bonds is 5. The van der Waals surface area contributed by atoms with Crippen molar-refractivity contribution in [3.05, 3.63) is 35.6 Å². The fourth-order valence-electron chi connectivity index (χ4n) is 2.78. The summed E-state index contributed by atoms with van der Waals surface area (Å²) in [4.78, 5) is 27.9. The van der Waals surface area contributed by atoms with E-state index in [9.17, 15) is 14.0 Å². The maximum atomic E-state index is 13.2. The largest absolute Gasteiger partial charge is 0.338 e. The number of carbonyl (C=O) groups is 2. The molecule has 0 atom stereocenters.